The van der Waals surface area contributed by atoms with Crippen molar-refractivity contribution in [1.29, 1.82) is 0 Å². The normalized spacial score (nSPS) is 11.5. The van der Waals surface area contributed by atoms with Crippen molar-refractivity contribution < 1.29 is 22.4 Å². The van der Waals surface area contributed by atoms with Crippen LogP contribution in [0.4, 0.5) is 17.6 Å². The van der Waals surface area contributed by atoms with Crippen molar-refractivity contribution in [2.24, 2.45) is 0 Å². The quantitative estimate of drug-likeness (QED) is 0.491. The summed E-state index contributed by atoms with van der Waals surface area (Å²) >= 11 is 0. The highest BCUT2D eigenvalue weighted by molar-refractivity contribution is 5.93. The van der Waals surface area contributed by atoms with E-state index >= 15 is 0 Å². The van der Waals surface area contributed by atoms with Crippen LogP contribution in [0.25, 0.3) is 11.5 Å². The molecule has 3 heterocycles. The Bertz CT molecular complexity index is 1180. The highest BCUT2D eigenvalue weighted by atomic mass is 19.4. The van der Waals surface area contributed by atoms with Crippen LogP contribution < -0.4 is 5.32 Å². The lowest BCUT2D eigenvalue weighted by Crippen LogP contribution is -2.27. The van der Waals surface area contributed by atoms with Gasteiger partial charge in [0.15, 0.2) is 17.2 Å². The summed E-state index contributed by atoms with van der Waals surface area (Å²) in [5.41, 5.74) is -1.77. The lowest BCUT2D eigenvalue weighted by atomic mass is 10.2. The first-order valence-corrected chi connectivity index (χ1v) is 8.85. The Morgan fingerprint density at radius 3 is 2.48 bits per heavy atom. The fourth-order valence-corrected chi connectivity index (χ4v) is 2.78. The molecule has 0 unspecified atom stereocenters. The average molecular weight is 431 g/mol. The number of hydrogen-bond acceptors (Lipinski definition) is 5. The van der Waals surface area contributed by atoms with Crippen LogP contribution in [0.5, 0.6) is 0 Å². The second-order valence-electron chi connectivity index (χ2n) is 6.33. The molecule has 0 saturated heterocycles. The lowest BCUT2D eigenvalue weighted by molar-refractivity contribution is -0.143. The second kappa shape index (κ2) is 7.97. The third-order valence-corrected chi connectivity index (χ3v) is 4.23. The molecule has 1 amide bonds. The van der Waals surface area contributed by atoms with E-state index in [1.165, 1.54) is 10.9 Å². The smallest absolute Gasteiger partial charge is 0.346 e. The molecular weight excluding hydrogens is 418 g/mol. The van der Waals surface area contributed by atoms with Crippen molar-refractivity contribution in [2.45, 2.75) is 12.7 Å². The molecule has 0 fully saturated rings. The van der Waals surface area contributed by atoms with Gasteiger partial charge in [-0.3, -0.25) is 4.79 Å². The number of alkyl halides is 3. The Balaban J connectivity index is 1.54. The van der Waals surface area contributed by atoms with Crippen LogP contribution in [-0.4, -0.2) is 35.7 Å². The van der Waals surface area contributed by atoms with Crippen molar-refractivity contribution in [2.75, 3.05) is 0 Å². The van der Waals surface area contributed by atoms with Gasteiger partial charge in [0, 0.05) is 25.1 Å². The SMILES string of the molecule is O=C(NCc1ccc(-n2cccn2)nc1)c1nnn(-c2ccc(F)cc2)c1C(F)(F)F. The summed E-state index contributed by atoms with van der Waals surface area (Å²) in [7, 11) is 0. The van der Waals surface area contributed by atoms with Gasteiger partial charge in [0.05, 0.1) is 5.69 Å². The molecule has 0 radical (unpaired) electrons. The Kier molecular flexibility index (Phi) is 5.19. The summed E-state index contributed by atoms with van der Waals surface area (Å²) in [6, 6.07) is 9.22. The van der Waals surface area contributed by atoms with E-state index in [1.807, 2.05) is 0 Å². The van der Waals surface area contributed by atoms with Gasteiger partial charge >= 0.3 is 6.18 Å². The van der Waals surface area contributed by atoms with Crippen molar-refractivity contribution >= 4 is 5.91 Å². The van der Waals surface area contributed by atoms with E-state index < -0.39 is 29.3 Å². The number of aromatic nitrogens is 6. The van der Waals surface area contributed by atoms with Crippen LogP contribution in [0.15, 0.2) is 61.1 Å². The maximum Gasteiger partial charge on any atom is 0.435 e. The van der Waals surface area contributed by atoms with Gasteiger partial charge in [0.25, 0.3) is 5.91 Å². The first-order chi connectivity index (χ1) is 14.8. The number of halogens is 4. The van der Waals surface area contributed by atoms with Crippen LogP contribution in [0, 0.1) is 5.82 Å². The van der Waals surface area contributed by atoms with Crippen molar-refractivity contribution in [1.82, 2.24) is 35.1 Å². The summed E-state index contributed by atoms with van der Waals surface area (Å²) in [6.45, 7) is -0.0775. The van der Waals surface area contributed by atoms with Crippen LogP contribution in [0.2, 0.25) is 0 Å². The molecule has 3 aromatic heterocycles. The Morgan fingerprint density at radius 2 is 1.87 bits per heavy atom. The second-order valence-corrected chi connectivity index (χ2v) is 6.33. The van der Waals surface area contributed by atoms with Gasteiger partial charge in [-0.05, 0) is 42.0 Å². The molecule has 1 aromatic carbocycles. The Hall–Kier alpha value is -4.09. The summed E-state index contributed by atoms with van der Waals surface area (Å²) in [5.74, 6) is -1.14. The van der Waals surface area contributed by atoms with E-state index in [0.29, 0.717) is 16.1 Å². The highest BCUT2D eigenvalue weighted by Gasteiger charge is 2.42. The summed E-state index contributed by atoms with van der Waals surface area (Å²) in [5, 5.41) is 13.3. The number of carbonyl (C=O) groups is 1. The van der Waals surface area contributed by atoms with Gasteiger partial charge in [-0.15, -0.1) is 5.10 Å². The Labute approximate surface area is 172 Å². The zero-order valence-corrected chi connectivity index (χ0v) is 15.6. The number of rotatable bonds is 5. The number of nitrogens with one attached hydrogen (secondary N) is 1. The minimum atomic E-state index is -4.92. The van der Waals surface area contributed by atoms with Crippen molar-refractivity contribution in [3.05, 3.63) is 83.8 Å². The standard InChI is InChI=1S/C19H13F4N7O/c20-13-3-5-14(6-4-13)30-17(19(21,22)23)16(27-28-30)18(31)25-11-12-2-7-15(24-10-12)29-9-1-8-26-29/h1-10H,11H2,(H,25,31). The third-order valence-electron chi connectivity index (χ3n) is 4.23. The molecule has 31 heavy (non-hydrogen) atoms. The van der Waals surface area contributed by atoms with E-state index in [1.54, 1.807) is 30.6 Å². The summed E-state index contributed by atoms with van der Waals surface area (Å²) in [4.78, 5) is 16.6. The van der Waals surface area contributed by atoms with E-state index in [-0.39, 0.29) is 12.2 Å². The van der Waals surface area contributed by atoms with E-state index in [4.69, 9.17) is 0 Å². The zero-order valence-electron chi connectivity index (χ0n) is 15.6. The van der Waals surface area contributed by atoms with E-state index in [2.05, 4.69) is 25.7 Å². The largest absolute Gasteiger partial charge is 0.435 e. The average Bonchev–Trinajstić information content (AvgIpc) is 3.43. The number of amides is 1. The maximum absolute atomic E-state index is 13.6. The zero-order chi connectivity index (χ0) is 22.0. The predicted molar refractivity (Wildman–Crippen MR) is 98.8 cm³/mol. The van der Waals surface area contributed by atoms with Crippen LogP contribution in [-0.2, 0) is 12.7 Å². The van der Waals surface area contributed by atoms with Crippen molar-refractivity contribution in [3.8, 4) is 11.5 Å². The minimum absolute atomic E-state index is 0.0775. The van der Waals surface area contributed by atoms with E-state index in [0.717, 1.165) is 24.3 Å². The molecule has 0 saturated carbocycles. The molecule has 0 bridgehead atoms. The molecule has 1 N–H and O–H groups in total. The topological polar surface area (TPSA) is 90.5 Å². The number of carbonyl (C=O) groups excluding carboxylic acids is 1. The molecule has 8 nitrogen and oxygen atoms in total. The highest BCUT2D eigenvalue weighted by Crippen LogP contribution is 2.32. The number of benzene rings is 1. The predicted octanol–water partition coefficient (Wildman–Crippen LogP) is 2.94. The summed E-state index contributed by atoms with van der Waals surface area (Å²) < 4.78 is 56.0. The molecule has 12 heteroatoms. The monoisotopic (exact) mass is 431 g/mol. The molecular formula is C19H13F4N7O. The fourth-order valence-electron chi connectivity index (χ4n) is 2.78. The molecule has 0 aliphatic carbocycles. The number of pyridine rings is 1. The molecule has 158 valence electrons. The van der Waals surface area contributed by atoms with Gasteiger partial charge < -0.3 is 5.32 Å². The summed E-state index contributed by atoms with van der Waals surface area (Å²) in [6.07, 6.45) is -0.158. The molecule has 0 aliphatic heterocycles. The molecule has 0 atom stereocenters. The first kappa shape index (κ1) is 20.2. The Morgan fingerprint density at radius 1 is 1.10 bits per heavy atom. The van der Waals surface area contributed by atoms with Gasteiger partial charge in [0.2, 0.25) is 0 Å². The number of hydrogen-bond donors (Lipinski definition) is 1. The van der Waals surface area contributed by atoms with Crippen LogP contribution in [0.3, 0.4) is 0 Å². The molecule has 0 spiro atoms. The first-order valence-electron chi connectivity index (χ1n) is 8.85. The van der Waals surface area contributed by atoms with Gasteiger partial charge in [-0.25, -0.2) is 18.7 Å². The fraction of sp³-hybridized carbons (Fsp3) is 0.105. The van der Waals surface area contributed by atoms with Gasteiger partial charge in [0.1, 0.15) is 5.82 Å². The third kappa shape index (κ3) is 4.27. The maximum atomic E-state index is 13.6. The van der Waals surface area contributed by atoms with Crippen molar-refractivity contribution in [3.63, 3.8) is 0 Å². The van der Waals surface area contributed by atoms with Crippen LogP contribution >= 0.6 is 0 Å². The van der Waals surface area contributed by atoms with E-state index in [9.17, 15) is 22.4 Å². The molecule has 4 rings (SSSR count). The molecule has 4 aromatic rings. The molecule has 0 aliphatic rings. The minimum Gasteiger partial charge on any atom is -0.346 e. The van der Waals surface area contributed by atoms with Crippen LogP contribution in [0.1, 0.15) is 21.7 Å². The van der Waals surface area contributed by atoms with Gasteiger partial charge in [-0.1, -0.05) is 11.3 Å². The lowest BCUT2D eigenvalue weighted by Gasteiger charge is -2.11. The van der Waals surface area contributed by atoms with Gasteiger partial charge in [-0.2, -0.15) is 18.3 Å². The number of nitrogens with zero attached hydrogens (tertiary/aromatic N) is 6.